The predicted octanol–water partition coefficient (Wildman–Crippen LogP) is 1.11. The second-order valence-electron chi connectivity index (χ2n) is 14.8. The van der Waals surface area contributed by atoms with Gasteiger partial charge in [-0.25, -0.2) is 4.79 Å². The van der Waals surface area contributed by atoms with Crippen molar-refractivity contribution in [1.29, 1.82) is 0 Å². The molecule has 0 aromatic carbocycles. The van der Waals surface area contributed by atoms with Crippen LogP contribution in [0, 0.1) is 17.8 Å². The van der Waals surface area contributed by atoms with E-state index in [0.717, 1.165) is 0 Å². The van der Waals surface area contributed by atoms with Crippen molar-refractivity contribution in [1.82, 2.24) is 4.90 Å². The fourth-order valence-corrected chi connectivity index (χ4v) is 7.44. The number of ketones is 1. The molecule has 0 saturated carbocycles. The molecule has 0 bridgehead atoms. The fourth-order valence-electron chi connectivity index (χ4n) is 7.44. The van der Waals surface area contributed by atoms with Crippen LogP contribution in [0.15, 0.2) is 24.3 Å². The average Bonchev–Trinajstić information content (AvgIpc) is 3.86. The Morgan fingerprint density at radius 2 is 1.60 bits per heavy atom. The molecule has 0 aromatic rings. The Bertz CT molecular complexity index is 1200. The summed E-state index contributed by atoms with van der Waals surface area (Å²) in [5.74, 6) is -1.77. The van der Waals surface area contributed by atoms with E-state index >= 15 is 0 Å². The summed E-state index contributed by atoms with van der Waals surface area (Å²) in [6, 6.07) is -0.177. The lowest BCUT2D eigenvalue weighted by molar-refractivity contribution is -0.310. The summed E-state index contributed by atoms with van der Waals surface area (Å²) in [7, 11) is 5.14. The van der Waals surface area contributed by atoms with E-state index in [0.29, 0.717) is 12.8 Å². The maximum Gasteiger partial charge on any atom is 0.330 e. The van der Waals surface area contributed by atoms with E-state index in [1.165, 1.54) is 19.3 Å². The van der Waals surface area contributed by atoms with Crippen LogP contribution in [-0.2, 0) is 42.7 Å². The SMILES string of the molecule is CCC1OC(=O)C=CC(C)C(OC2OC(C)CC(N(C)C)C2O)C(C)CC(C)C(=O)C=CC2OC2C1(O)COC1OC(C)C(O)C(O)C1OC. The Kier molecular flexibility index (Phi) is 14.2. The monoisotopic (exact) mass is 713 g/mol. The summed E-state index contributed by atoms with van der Waals surface area (Å²) in [5.41, 5.74) is -1.90. The lowest BCUT2D eigenvalue weighted by atomic mass is 9.84. The van der Waals surface area contributed by atoms with Gasteiger partial charge in [-0.05, 0) is 65.3 Å². The summed E-state index contributed by atoms with van der Waals surface area (Å²) < 4.78 is 41.3. The van der Waals surface area contributed by atoms with Gasteiger partial charge >= 0.3 is 5.97 Å². The number of rotatable bonds is 8. The van der Waals surface area contributed by atoms with Gasteiger partial charge in [-0.2, -0.15) is 0 Å². The molecule has 3 fully saturated rings. The van der Waals surface area contributed by atoms with E-state index in [1.807, 2.05) is 46.7 Å². The van der Waals surface area contributed by atoms with Gasteiger partial charge in [0.25, 0.3) is 0 Å². The molecule has 0 spiro atoms. The molecule has 4 aliphatic heterocycles. The number of esters is 1. The van der Waals surface area contributed by atoms with Gasteiger partial charge < -0.3 is 58.5 Å². The summed E-state index contributed by atoms with van der Waals surface area (Å²) in [4.78, 5) is 28.6. The number of hydrogen-bond acceptors (Lipinski definition) is 14. The van der Waals surface area contributed by atoms with Crippen molar-refractivity contribution in [2.45, 2.75) is 146 Å². The molecule has 14 nitrogen and oxygen atoms in total. The molecule has 4 heterocycles. The van der Waals surface area contributed by atoms with Gasteiger partial charge in [0.15, 0.2) is 24.0 Å². The molecule has 4 rings (SSSR count). The first-order valence-electron chi connectivity index (χ1n) is 17.8. The Morgan fingerprint density at radius 1 is 0.900 bits per heavy atom. The highest BCUT2D eigenvalue weighted by Crippen LogP contribution is 2.40. The molecule has 17 atom stereocenters. The normalized spacial score (nSPS) is 46.4. The molecule has 0 amide bonds. The highest BCUT2D eigenvalue weighted by atomic mass is 16.7. The predicted molar refractivity (Wildman–Crippen MR) is 180 cm³/mol. The summed E-state index contributed by atoms with van der Waals surface area (Å²) in [5, 5.41) is 44.1. The van der Waals surface area contributed by atoms with Crippen LogP contribution >= 0.6 is 0 Å². The fraction of sp³-hybridized carbons (Fsp3) is 0.833. The number of likely N-dealkylation sites (N-methyl/N-ethyl adjacent to an activating group) is 1. The second-order valence-corrected chi connectivity index (χ2v) is 14.8. The first-order valence-corrected chi connectivity index (χ1v) is 17.8. The van der Waals surface area contributed by atoms with Crippen LogP contribution in [0.3, 0.4) is 0 Å². The number of aliphatic hydroxyl groups is 4. The van der Waals surface area contributed by atoms with Crippen LogP contribution < -0.4 is 0 Å². The number of epoxide rings is 1. The number of fused-ring (bicyclic) bond motifs is 1. The first kappa shape index (κ1) is 40.9. The highest BCUT2D eigenvalue weighted by molar-refractivity contribution is 5.91. The lowest BCUT2D eigenvalue weighted by Crippen LogP contribution is -2.60. The van der Waals surface area contributed by atoms with Crippen LogP contribution in [-0.4, -0.2) is 150 Å². The second kappa shape index (κ2) is 17.3. The van der Waals surface area contributed by atoms with Crippen LogP contribution in [0.2, 0.25) is 0 Å². The Morgan fingerprint density at radius 3 is 2.24 bits per heavy atom. The van der Waals surface area contributed by atoms with E-state index in [9.17, 15) is 30.0 Å². The smallest absolute Gasteiger partial charge is 0.330 e. The van der Waals surface area contributed by atoms with E-state index in [4.69, 9.17) is 33.2 Å². The quantitative estimate of drug-likeness (QED) is 0.207. The first-order chi connectivity index (χ1) is 23.5. The Hall–Kier alpha value is -1.82. The standard InChI is InChI=1S/C36H59NO13/c1-10-26-36(43,17-45-35-32(44-9)30(42)28(40)22(6)47-35)33-25(48-33)13-12-24(38)19(3)15-20(4)31(18(2)11-14-27(39)49-26)50-34-29(41)23(37(7)8)16-21(5)46-34/h11-14,18-23,25-26,28-35,40-43H,10,15-17H2,1-9H3. The number of cyclic esters (lactones) is 1. The van der Waals surface area contributed by atoms with Crippen molar-refractivity contribution in [3.8, 4) is 0 Å². The van der Waals surface area contributed by atoms with E-state index in [2.05, 4.69) is 0 Å². The third-order valence-corrected chi connectivity index (χ3v) is 10.6. The third kappa shape index (κ3) is 9.39. The van der Waals surface area contributed by atoms with Crippen molar-refractivity contribution in [3.05, 3.63) is 24.3 Å². The highest BCUT2D eigenvalue weighted by Gasteiger charge is 2.59. The number of ether oxygens (including phenoxy) is 7. The van der Waals surface area contributed by atoms with E-state index < -0.39 is 91.6 Å². The summed E-state index contributed by atoms with van der Waals surface area (Å²) >= 11 is 0. The number of nitrogens with zero attached hydrogens (tertiary/aromatic N) is 1. The van der Waals surface area contributed by atoms with Crippen LogP contribution in [0.25, 0.3) is 0 Å². The van der Waals surface area contributed by atoms with Gasteiger partial charge in [0.1, 0.15) is 42.7 Å². The molecular weight excluding hydrogens is 654 g/mol. The molecule has 50 heavy (non-hydrogen) atoms. The number of allylic oxidation sites excluding steroid dienone is 1. The van der Waals surface area contributed by atoms with Gasteiger partial charge in [-0.3, -0.25) is 4.79 Å². The zero-order valence-electron chi connectivity index (χ0n) is 30.8. The largest absolute Gasteiger partial charge is 0.456 e. The molecule has 4 aliphatic rings. The molecular formula is C36H59NO13. The lowest BCUT2D eigenvalue weighted by Gasteiger charge is -2.43. The van der Waals surface area contributed by atoms with Crippen LogP contribution in [0.5, 0.6) is 0 Å². The number of methoxy groups -OCH3 is 1. The molecule has 0 aliphatic carbocycles. The van der Waals surface area contributed by atoms with Crippen molar-refractivity contribution in [2.75, 3.05) is 27.8 Å². The molecule has 14 heteroatoms. The van der Waals surface area contributed by atoms with E-state index in [-0.39, 0.29) is 36.2 Å². The number of aliphatic hydroxyl groups excluding tert-OH is 3. The van der Waals surface area contributed by atoms with Crippen molar-refractivity contribution >= 4 is 11.8 Å². The minimum Gasteiger partial charge on any atom is -0.456 e. The number of hydrogen-bond donors (Lipinski definition) is 4. The minimum atomic E-state index is -1.90. The van der Waals surface area contributed by atoms with Gasteiger partial charge in [-0.1, -0.05) is 33.8 Å². The molecule has 286 valence electrons. The van der Waals surface area contributed by atoms with Gasteiger partial charge in [-0.15, -0.1) is 0 Å². The topological polar surface area (TPSA) is 186 Å². The zero-order chi connectivity index (χ0) is 37.1. The third-order valence-electron chi connectivity index (χ3n) is 10.6. The Labute approximate surface area is 295 Å². The number of carbonyl (C=O) groups excluding carboxylic acids is 2. The molecule has 4 N–H and O–H groups in total. The van der Waals surface area contributed by atoms with Crippen molar-refractivity contribution in [2.24, 2.45) is 17.8 Å². The minimum absolute atomic E-state index is 0.131. The zero-order valence-corrected chi connectivity index (χ0v) is 30.8. The van der Waals surface area contributed by atoms with Crippen LogP contribution in [0.4, 0.5) is 0 Å². The maximum absolute atomic E-state index is 13.3. The van der Waals surface area contributed by atoms with Gasteiger partial charge in [0.2, 0.25) is 0 Å². The van der Waals surface area contributed by atoms with Crippen molar-refractivity contribution < 1.29 is 63.2 Å². The van der Waals surface area contributed by atoms with E-state index in [1.54, 1.807) is 26.0 Å². The van der Waals surface area contributed by atoms with Gasteiger partial charge in [0.05, 0.1) is 24.9 Å². The molecule has 17 unspecified atom stereocenters. The Balaban J connectivity index is 1.59. The summed E-state index contributed by atoms with van der Waals surface area (Å²) in [6.45, 7) is 10.5. The molecule has 3 saturated heterocycles. The summed E-state index contributed by atoms with van der Waals surface area (Å²) in [6.07, 6.45) is -3.47. The van der Waals surface area contributed by atoms with Gasteiger partial charge in [0, 0.05) is 31.1 Å². The molecule has 0 aromatic heterocycles. The molecule has 0 radical (unpaired) electrons. The average molecular weight is 714 g/mol. The number of carbonyl (C=O) groups is 2. The maximum atomic E-state index is 13.3. The van der Waals surface area contributed by atoms with Crippen molar-refractivity contribution in [3.63, 3.8) is 0 Å². The van der Waals surface area contributed by atoms with Crippen LogP contribution in [0.1, 0.15) is 60.8 Å².